The van der Waals surface area contributed by atoms with Crippen LogP contribution in [0.4, 0.5) is 0 Å². The second-order valence-electron chi connectivity index (χ2n) is 9.61. The fourth-order valence-corrected chi connectivity index (χ4v) is 6.05. The third-order valence-electron chi connectivity index (χ3n) is 7.35. The molecule has 1 aliphatic heterocycles. The van der Waals surface area contributed by atoms with Crippen LogP contribution in [-0.2, 0) is 26.3 Å². The van der Waals surface area contributed by atoms with Gasteiger partial charge in [0.25, 0.3) is 5.91 Å². The van der Waals surface area contributed by atoms with Crippen LogP contribution >= 0.6 is 15.9 Å². The summed E-state index contributed by atoms with van der Waals surface area (Å²) in [7, 11) is 1.34. The molecule has 0 radical (unpaired) electrons. The average molecular weight is 578 g/mol. The molecule has 0 bridgehead atoms. The number of benzene rings is 3. The summed E-state index contributed by atoms with van der Waals surface area (Å²) in [5.74, 6) is -4.54. The zero-order valence-corrected chi connectivity index (χ0v) is 22.7. The number of hydrogen-bond acceptors (Lipinski definition) is 7. The van der Waals surface area contributed by atoms with Crippen molar-refractivity contribution in [3.63, 3.8) is 0 Å². The molecule has 0 saturated carbocycles. The van der Waals surface area contributed by atoms with Gasteiger partial charge in [-0.3, -0.25) is 19.2 Å². The van der Waals surface area contributed by atoms with Gasteiger partial charge in [0.2, 0.25) is 0 Å². The number of Topliss-reactive ketones (excluding diaryl/α,β-unsaturated/α-hetero) is 2. The number of aromatic hydroxyl groups is 1. The predicted molar refractivity (Wildman–Crippen MR) is 142 cm³/mol. The maximum absolute atomic E-state index is 13.6. The Kier molecular flexibility index (Phi) is 6.14. The van der Waals surface area contributed by atoms with Gasteiger partial charge in [-0.2, -0.15) is 0 Å². The molecule has 194 valence electrons. The molecular formula is C29H24BrNO7. The van der Waals surface area contributed by atoms with Gasteiger partial charge < -0.3 is 19.9 Å². The van der Waals surface area contributed by atoms with Crippen molar-refractivity contribution in [1.82, 2.24) is 5.32 Å². The van der Waals surface area contributed by atoms with Crippen molar-refractivity contribution in [3.8, 4) is 17.2 Å². The monoisotopic (exact) mass is 577 g/mol. The summed E-state index contributed by atoms with van der Waals surface area (Å²) < 4.78 is 12.3. The third-order valence-corrected chi connectivity index (χ3v) is 8.01. The molecule has 3 aromatic carbocycles. The summed E-state index contributed by atoms with van der Waals surface area (Å²) >= 11 is 3.59. The molecule has 1 heterocycles. The van der Waals surface area contributed by atoms with E-state index in [1.165, 1.54) is 27.0 Å². The van der Waals surface area contributed by atoms with Gasteiger partial charge in [-0.25, -0.2) is 0 Å². The molecule has 2 atom stereocenters. The molecule has 5 rings (SSSR count). The van der Waals surface area contributed by atoms with Crippen LogP contribution < -0.4 is 14.8 Å². The largest absolute Gasteiger partial charge is 0.507 e. The first kappa shape index (κ1) is 25.7. The normalized spacial score (nSPS) is 19.9. The van der Waals surface area contributed by atoms with E-state index in [4.69, 9.17) is 9.47 Å². The summed E-state index contributed by atoms with van der Waals surface area (Å²) in [4.78, 5) is 51.7. The smallest absolute Gasteiger partial charge is 0.259 e. The lowest BCUT2D eigenvalue weighted by atomic mass is 9.67. The number of carbonyl (C=O) groups excluding carboxylic acids is 4. The van der Waals surface area contributed by atoms with E-state index in [-0.39, 0.29) is 40.7 Å². The fraction of sp³-hybridized carbons (Fsp3) is 0.241. The lowest BCUT2D eigenvalue weighted by molar-refractivity contribution is -0.140. The number of allylic oxidation sites excluding steroid dienone is 2. The minimum atomic E-state index is -1.62. The standard InChI is InChI=1S/C29H24BrNO7/c1-13-9-18(30)16-8-6-5-7-15(16)17(13)12-31-28(36)24-21(37-4)10-20(34)25-26(24)38-22-11-19(33)23(14(2)32)27(35)29(22,25)3/h5-11,23,34H,12H2,1-4H3,(H,31,36)/t23?,29-/m1/s1. The summed E-state index contributed by atoms with van der Waals surface area (Å²) in [6, 6.07) is 11.0. The van der Waals surface area contributed by atoms with Crippen LogP contribution in [-0.4, -0.2) is 35.5 Å². The summed E-state index contributed by atoms with van der Waals surface area (Å²) in [5, 5.41) is 15.8. The van der Waals surface area contributed by atoms with E-state index in [1.54, 1.807) is 0 Å². The van der Waals surface area contributed by atoms with Crippen LogP contribution in [0.1, 0.15) is 40.9 Å². The topological polar surface area (TPSA) is 119 Å². The van der Waals surface area contributed by atoms with Crippen LogP contribution in [0, 0.1) is 12.8 Å². The first-order chi connectivity index (χ1) is 18.0. The van der Waals surface area contributed by atoms with E-state index in [0.29, 0.717) is 0 Å². The molecule has 0 aromatic heterocycles. The molecular weight excluding hydrogens is 554 g/mol. The van der Waals surface area contributed by atoms with E-state index >= 15 is 0 Å². The van der Waals surface area contributed by atoms with E-state index in [0.717, 1.165) is 32.4 Å². The molecule has 0 spiro atoms. The molecule has 0 fully saturated rings. The maximum Gasteiger partial charge on any atom is 0.259 e. The van der Waals surface area contributed by atoms with Gasteiger partial charge in [-0.05, 0) is 48.7 Å². The number of hydrogen-bond donors (Lipinski definition) is 2. The van der Waals surface area contributed by atoms with E-state index in [1.807, 2.05) is 37.3 Å². The molecule has 0 saturated heterocycles. The number of rotatable bonds is 5. The Morgan fingerprint density at radius 3 is 2.53 bits per heavy atom. The lowest BCUT2D eigenvalue weighted by Crippen LogP contribution is -2.47. The predicted octanol–water partition coefficient (Wildman–Crippen LogP) is 4.45. The van der Waals surface area contributed by atoms with Gasteiger partial charge in [0.05, 0.1) is 12.7 Å². The zero-order valence-electron chi connectivity index (χ0n) is 21.1. The summed E-state index contributed by atoms with van der Waals surface area (Å²) in [6.07, 6.45) is 1.10. The van der Waals surface area contributed by atoms with Crippen LogP contribution in [0.2, 0.25) is 0 Å². The molecule has 38 heavy (non-hydrogen) atoms. The Morgan fingerprint density at radius 2 is 1.87 bits per heavy atom. The Balaban J connectivity index is 1.59. The highest BCUT2D eigenvalue weighted by molar-refractivity contribution is 9.10. The highest BCUT2D eigenvalue weighted by atomic mass is 79.9. The van der Waals surface area contributed by atoms with Crippen molar-refractivity contribution in [2.75, 3.05) is 7.11 Å². The first-order valence-corrected chi connectivity index (χ1v) is 12.7. The Labute approximate surface area is 226 Å². The summed E-state index contributed by atoms with van der Waals surface area (Å²) in [6.45, 7) is 4.77. The lowest BCUT2D eigenvalue weighted by Gasteiger charge is -2.30. The second kappa shape index (κ2) is 9.09. The quantitative estimate of drug-likeness (QED) is 0.430. The number of amides is 1. The number of phenols is 1. The molecule has 3 aromatic rings. The average Bonchev–Trinajstić information content (AvgIpc) is 3.17. The van der Waals surface area contributed by atoms with Gasteiger partial charge >= 0.3 is 0 Å². The number of fused-ring (bicyclic) bond motifs is 4. The molecule has 1 unspecified atom stereocenters. The number of ether oxygens (including phenoxy) is 2. The number of halogens is 1. The van der Waals surface area contributed by atoms with Crippen molar-refractivity contribution < 1.29 is 33.8 Å². The van der Waals surface area contributed by atoms with E-state index < -0.39 is 34.6 Å². The molecule has 9 heteroatoms. The SMILES string of the molecule is COc1cc(O)c2c(c1C(=O)NCc1c(C)cc(Br)c3ccccc13)OC1=CC(=O)C(C(C)=O)C(=O)[C@]12C. The van der Waals surface area contributed by atoms with E-state index in [9.17, 15) is 24.3 Å². The molecule has 1 amide bonds. The van der Waals surface area contributed by atoms with Crippen LogP contribution in [0.3, 0.4) is 0 Å². The number of ketones is 3. The number of methoxy groups -OCH3 is 1. The second-order valence-corrected chi connectivity index (χ2v) is 10.5. The Hall–Kier alpha value is -3.98. The van der Waals surface area contributed by atoms with Crippen molar-refractivity contribution >= 4 is 50.0 Å². The number of nitrogens with one attached hydrogen (secondary N) is 1. The number of phenolic OH excluding ortho intramolecular Hbond substituents is 1. The maximum atomic E-state index is 13.6. The zero-order chi connectivity index (χ0) is 27.5. The molecule has 2 aliphatic rings. The van der Waals surface area contributed by atoms with E-state index in [2.05, 4.69) is 21.2 Å². The van der Waals surface area contributed by atoms with Gasteiger partial charge in [-0.15, -0.1) is 0 Å². The van der Waals surface area contributed by atoms with Crippen molar-refractivity contribution in [1.29, 1.82) is 0 Å². The van der Waals surface area contributed by atoms with Crippen molar-refractivity contribution in [2.45, 2.75) is 32.7 Å². The third kappa shape index (κ3) is 3.64. The first-order valence-electron chi connectivity index (χ1n) is 11.9. The fourth-order valence-electron chi connectivity index (χ4n) is 5.37. The molecule has 1 aliphatic carbocycles. The highest BCUT2D eigenvalue weighted by Gasteiger charge is 2.58. The Morgan fingerprint density at radius 1 is 1.18 bits per heavy atom. The van der Waals surface area contributed by atoms with Gasteiger partial charge in [0.15, 0.2) is 17.3 Å². The molecule has 2 N–H and O–H groups in total. The highest BCUT2D eigenvalue weighted by Crippen LogP contribution is 2.56. The number of aryl methyl sites for hydroxylation is 1. The van der Waals surface area contributed by atoms with Crippen molar-refractivity contribution in [3.05, 3.63) is 75.0 Å². The van der Waals surface area contributed by atoms with Gasteiger partial charge in [-0.1, -0.05) is 40.2 Å². The van der Waals surface area contributed by atoms with Crippen LogP contribution in [0.15, 0.2) is 52.7 Å². The minimum absolute atomic E-state index is 0.0173. The summed E-state index contributed by atoms with van der Waals surface area (Å²) in [5.41, 5.74) is 0.252. The van der Waals surface area contributed by atoms with Crippen LogP contribution in [0.5, 0.6) is 17.2 Å². The van der Waals surface area contributed by atoms with Gasteiger partial charge in [0, 0.05) is 23.2 Å². The number of carbonyl (C=O) groups is 4. The Bertz CT molecular complexity index is 1620. The van der Waals surface area contributed by atoms with Gasteiger partial charge in [0.1, 0.15) is 39.9 Å². The molecule has 8 nitrogen and oxygen atoms in total. The van der Waals surface area contributed by atoms with Crippen LogP contribution in [0.25, 0.3) is 10.8 Å². The minimum Gasteiger partial charge on any atom is -0.507 e. The van der Waals surface area contributed by atoms with Crippen molar-refractivity contribution in [2.24, 2.45) is 5.92 Å².